The van der Waals surface area contributed by atoms with Gasteiger partial charge in [0.15, 0.2) is 11.6 Å². The number of anilines is 1. The minimum atomic E-state index is -3.85. The Labute approximate surface area is 271 Å². The van der Waals surface area contributed by atoms with Crippen molar-refractivity contribution in [1.29, 1.82) is 0 Å². The molecule has 6 rings (SSSR count). The summed E-state index contributed by atoms with van der Waals surface area (Å²) in [7, 11) is -1.74. The summed E-state index contributed by atoms with van der Waals surface area (Å²) in [4.78, 5) is 13.7. The van der Waals surface area contributed by atoms with Crippen molar-refractivity contribution in [3.8, 4) is 17.0 Å². The minimum Gasteiger partial charge on any atom is -0.490 e. The van der Waals surface area contributed by atoms with Gasteiger partial charge < -0.3 is 19.3 Å². The van der Waals surface area contributed by atoms with Crippen LogP contribution < -0.4 is 9.64 Å². The number of aromatic nitrogens is 4. The first kappa shape index (κ1) is 31.2. The average molecular weight is 692 g/mol. The van der Waals surface area contributed by atoms with E-state index >= 15 is 0 Å². The molecule has 0 unspecified atom stereocenters. The van der Waals surface area contributed by atoms with Crippen LogP contribution in [0.25, 0.3) is 22.2 Å². The zero-order valence-electron chi connectivity index (χ0n) is 25.0. The number of ether oxygens (including phenoxy) is 2. The van der Waals surface area contributed by atoms with Crippen LogP contribution >= 0.6 is 15.9 Å². The van der Waals surface area contributed by atoms with E-state index < -0.39 is 10.0 Å². The van der Waals surface area contributed by atoms with E-state index in [1.54, 1.807) is 24.4 Å². The Kier molecular flexibility index (Phi) is 9.74. The Balaban J connectivity index is 1.28. The molecular weight excluding hydrogens is 656 g/mol. The van der Waals surface area contributed by atoms with Crippen LogP contribution in [0.5, 0.6) is 5.75 Å². The lowest BCUT2D eigenvalue weighted by molar-refractivity contribution is 0.107. The Bertz CT molecular complexity index is 1850. The molecule has 0 radical (unpaired) electrons. The summed E-state index contributed by atoms with van der Waals surface area (Å²) in [5.74, 6) is 1.20. The molecule has 0 aliphatic carbocycles. The summed E-state index contributed by atoms with van der Waals surface area (Å²) in [6.07, 6.45) is 3.97. The maximum atomic E-state index is 13.6. The third-order valence-corrected chi connectivity index (χ3v) is 9.61. The van der Waals surface area contributed by atoms with Crippen molar-refractivity contribution in [1.82, 2.24) is 24.1 Å². The monoisotopic (exact) mass is 690 g/mol. The number of piperazine rings is 1. The minimum absolute atomic E-state index is 0.193. The highest BCUT2D eigenvalue weighted by Crippen LogP contribution is 2.35. The molecule has 0 bridgehead atoms. The molecule has 45 heavy (non-hydrogen) atoms. The van der Waals surface area contributed by atoms with Crippen molar-refractivity contribution in [2.75, 3.05) is 51.3 Å². The van der Waals surface area contributed by atoms with Crippen LogP contribution in [0.15, 0.2) is 89.8 Å². The van der Waals surface area contributed by atoms with Crippen molar-refractivity contribution in [3.63, 3.8) is 0 Å². The zero-order chi connectivity index (χ0) is 31.2. The number of rotatable bonds is 12. The highest BCUT2D eigenvalue weighted by atomic mass is 79.9. The number of benzene rings is 2. The van der Waals surface area contributed by atoms with E-state index in [4.69, 9.17) is 14.5 Å². The van der Waals surface area contributed by atoms with Gasteiger partial charge in [0.1, 0.15) is 15.8 Å². The molecule has 1 aliphatic heterocycles. The molecule has 0 amide bonds. The van der Waals surface area contributed by atoms with Gasteiger partial charge in [-0.05, 0) is 46.2 Å². The summed E-state index contributed by atoms with van der Waals surface area (Å²) in [5.41, 5.74) is 3.34. The molecule has 10 nitrogen and oxygen atoms in total. The molecule has 0 spiro atoms. The fraction of sp³-hybridized carbons (Fsp3) is 0.303. The van der Waals surface area contributed by atoms with Crippen LogP contribution in [0.4, 0.5) is 5.82 Å². The molecule has 1 aliphatic rings. The molecule has 5 aromatic rings. The van der Waals surface area contributed by atoms with E-state index in [2.05, 4.69) is 42.9 Å². The smallest absolute Gasteiger partial charge is 0.258 e. The summed E-state index contributed by atoms with van der Waals surface area (Å²) in [6, 6.07) is 22.9. The first-order chi connectivity index (χ1) is 21.9. The Morgan fingerprint density at radius 2 is 1.58 bits per heavy atom. The molecule has 2 aromatic carbocycles. The summed E-state index contributed by atoms with van der Waals surface area (Å²) < 4.78 is 41.1. The third kappa shape index (κ3) is 7.52. The lowest BCUT2D eigenvalue weighted by Gasteiger charge is -2.34. The molecule has 0 saturated carbocycles. The first-order valence-corrected chi connectivity index (χ1v) is 17.3. The van der Waals surface area contributed by atoms with Gasteiger partial charge in [0, 0.05) is 49.7 Å². The normalized spacial score (nSPS) is 14.2. The van der Waals surface area contributed by atoms with Crippen molar-refractivity contribution >= 4 is 42.7 Å². The van der Waals surface area contributed by atoms with Crippen molar-refractivity contribution < 1.29 is 17.9 Å². The van der Waals surface area contributed by atoms with Gasteiger partial charge in [-0.2, -0.15) is 9.19 Å². The lowest BCUT2D eigenvalue weighted by atomic mass is 10.1. The van der Waals surface area contributed by atoms with Crippen LogP contribution in [-0.2, 0) is 27.1 Å². The summed E-state index contributed by atoms with van der Waals surface area (Å²) >= 11 is 3.44. The molecule has 1 saturated heterocycles. The molecular formula is C33H35BrN6O4S. The lowest BCUT2D eigenvalue weighted by Crippen LogP contribution is -2.45. The fourth-order valence-corrected chi connectivity index (χ4v) is 6.99. The van der Waals surface area contributed by atoms with Gasteiger partial charge >= 0.3 is 0 Å². The molecule has 0 atom stereocenters. The van der Waals surface area contributed by atoms with Gasteiger partial charge in [-0.15, -0.1) is 0 Å². The van der Waals surface area contributed by atoms with Crippen molar-refractivity contribution in [2.24, 2.45) is 0 Å². The van der Waals surface area contributed by atoms with Crippen molar-refractivity contribution in [3.05, 3.63) is 101 Å². The van der Waals surface area contributed by atoms with E-state index in [1.165, 1.54) is 6.20 Å². The van der Waals surface area contributed by atoms with Gasteiger partial charge in [0.2, 0.25) is 0 Å². The van der Waals surface area contributed by atoms with Crippen LogP contribution in [0.2, 0.25) is 0 Å². The number of nitrogens with zero attached hydrogens (tertiary/aromatic N) is 6. The number of hydrogen-bond donors (Lipinski definition) is 0. The van der Waals surface area contributed by atoms with Gasteiger partial charge in [0.05, 0.1) is 31.8 Å². The second-order valence-electron chi connectivity index (χ2n) is 11.0. The van der Waals surface area contributed by atoms with Crippen LogP contribution in [0.1, 0.15) is 17.5 Å². The molecule has 4 heterocycles. The Morgan fingerprint density at radius 1 is 0.867 bits per heavy atom. The van der Waals surface area contributed by atoms with Gasteiger partial charge in [-0.1, -0.05) is 60.7 Å². The maximum absolute atomic E-state index is 13.6. The summed E-state index contributed by atoms with van der Waals surface area (Å²) in [5, 5.41) is 5.28. The molecule has 1 fully saturated rings. The Hall–Kier alpha value is -3.84. The quantitative estimate of drug-likeness (QED) is 0.126. The van der Waals surface area contributed by atoms with Gasteiger partial charge in [0.25, 0.3) is 10.0 Å². The van der Waals surface area contributed by atoms with Crippen molar-refractivity contribution in [2.45, 2.75) is 18.8 Å². The van der Waals surface area contributed by atoms with E-state index in [9.17, 15) is 8.42 Å². The average Bonchev–Trinajstić information content (AvgIpc) is 3.43. The number of likely N-dealkylation sites (N-methyl/N-ethyl adjacent to an activating group) is 1. The highest BCUT2D eigenvalue weighted by Gasteiger charge is 2.25. The third-order valence-electron chi connectivity index (χ3n) is 7.67. The SMILES string of the molecule is CN1CCN(c2ncc(-c3nn(S(=O)(=O)Cc4ccccc4)c4cnc(Br)cc34)cc2OCCCOCc2ccccc2)CC1. The number of pyridine rings is 2. The van der Waals surface area contributed by atoms with E-state index in [0.29, 0.717) is 64.3 Å². The molecule has 0 N–H and O–H groups in total. The van der Waals surface area contributed by atoms with E-state index in [-0.39, 0.29) is 5.75 Å². The maximum Gasteiger partial charge on any atom is 0.258 e. The number of fused-ring (bicyclic) bond motifs is 1. The second kappa shape index (κ2) is 14.1. The van der Waals surface area contributed by atoms with Gasteiger partial charge in [-0.3, -0.25) is 0 Å². The van der Waals surface area contributed by atoms with Crippen LogP contribution in [-0.4, -0.2) is 78.9 Å². The topological polar surface area (TPSA) is 103 Å². The summed E-state index contributed by atoms with van der Waals surface area (Å²) in [6.45, 7) is 5.05. The molecule has 3 aromatic heterocycles. The molecule has 234 valence electrons. The van der Waals surface area contributed by atoms with E-state index in [0.717, 1.165) is 41.6 Å². The predicted molar refractivity (Wildman–Crippen MR) is 179 cm³/mol. The number of halogens is 1. The largest absolute Gasteiger partial charge is 0.490 e. The predicted octanol–water partition coefficient (Wildman–Crippen LogP) is 5.37. The van der Waals surface area contributed by atoms with Crippen LogP contribution in [0, 0.1) is 0 Å². The van der Waals surface area contributed by atoms with Crippen LogP contribution in [0.3, 0.4) is 0 Å². The van der Waals surface area contributed by atoms with E-state index in [1.807, 2.05) is 54.6 Å². The second-order valence-corrected chi connectivity index (χ2v) is 13.6. The zero-order valence-corrected chi connectivity index (χ0v) is 27.5. The number of hydrogen-bond acceptors (Lipinski definition) is 9. The Morgan fingerprint density at radius 3 is 2.31 bits per heavy atom. The highest BCUT2D eigenvalue weighted by molar-refractivity contribution is 9.10. The molecule has 12 heteroatoms. The first-order valence-electron chi connectivity index (χ1n) is 14.9. The van der Waals surface area contributed by atoms with Gasteiger partial charge in [-0.25, -0.2) is 18.4 Å². The standard InChI is InChI=1S/C33H35BrN6O4S/c1-38-13-15-39(16-14-38)33-30(44-18-8-17-43-23-25-9-4-2-5-10-25)19-27(21-36-33)32-28-20-31(34)35-22-29(28)40(37-32)45(41,42)24-26-11-6-3-7-12-26/h2-7,9-12,19-22H,8,13-18,23-24H2,1H3. The fourth-order valence-electron chi connectivity index (χ4n) is 5.27.